The molecule has 3 rings (SSSR count). The second kappa shape index (κ2) is 6.74. The van der Waals surface area contributed by atoms with Gasteiger partial charge in [-0.25, -0.2) is 0 Å². The van der Waals surface area contributed by atoms with Gasteiger partial charge in [-0.3, -0.25) is 14.4 Å². The fourth-order valence-corrected chi connectivity index (χ4v) is 4.38. The highest BCUT2D eigenvalue weighted by atomic mass is 16.5. The number of amides is 2. The van der Waals surface area contributed by atoms with Gasteiger partial charge >= 0.3 is 5.97 Å². The third-order valence-corrected chi connectivity index (χ3v) is 6.12. The lowest BCUT2D eigenvalue weighted by atomic mass is 9.77. The standard InChI is InChI=1S/C18H25N3O5/c1-11-13(12(2)26-19-11)4-5-15(22)21-8-6-18(7-9-21)14(17(24)25)10-16(23)20(18)3/h14H,4-10H2,1-3H3,(H,24,25)/t14-/m1/s1. The predicted molar refractivity (Wildman–Crippen MR) is 91.4 cm³/mol. The summed E-state index contributed by atoms with van der Waals surface area (Å²) in [5.41, 5.74) is 1.11. The van der Waals surface area contributed by atoms with Crippen molar-refractivity contribution in [1.29, 1.82) is 0 Å². The summed E-state index contributed by atoms with van der Waals surface area (Å²) in [5.74, 6) is -0.974. The lowest BCUT2D eigenvalue weighted by Crippen LogP contribution is -2.57. The van der Waals surface area contributed by atoms with E-state index >= 15 is 0 Å². The van der Waals surface area contributed by atoms with E-state index in [1.165, 1.54) is 0 Å². The van der Waals surface area contributed by atoms with Gasteiger partial charge in [0, 0.05) is 38.5 Å². The highest BCUT2D eigenvalue weighted by molar-refractivity contribution is 5.88. The molecule has 0 radical (unpaired) electrons. The highest BCUT2D eigenvalue weighted by Crippen LogP contribution is 2.42. The number of rotatable bonds is 4. The highest BCUT2D eigenvalue weighted by Gasteiger charge is 2.55. The quantitative estimate of drug-likeness (QED) is 0.860. The zero-order valence-electron chi connectivity index (χ0n) is 15.4. The van der Waals surface area contributed by atoms with Crippen LogP contribution >= 0.6 is 0 Å². The molecule has 26 heavy (non-hydrogen) atoms. The first-order chi connectivity index (χ1) is 12.3. The Morgan fingerprint density at radius 3 is 2.50 bits per heavy atom. The SMILES string of the molecule is Cc1noc(C)c1CCC(=O)N1CCC2(CC1)[C@@H](C(=O)O)CC(=O)N2C. The largest absolute Gasteiger partial charge is 0.481 e. The maximum atomic E-state index is 12.6. The second-order valence-electron chi connectivity index (χ2n) is 7.33. The first kappa shape index (κ1) is 18.4. The molecule has 2 aliphatic heterocycles. The molecule has 2 saturated heterocycles. The summed E-state index contributed by atoms with van der Waals surface area (Å²) in [4.78, 5) is 39.6. The van der Waals surface area contributed by atoms with E-state index in [4.69, 9.17) is 4.52 Å². The number of carboxylic acids is 1. The molecular weight excluding hydrogens is 338 g/mol. The van der Waals surface area contributed by atoms with Crippen LogP contribution in [0.15, 0.2) is 4.52 Å². The Morgan fingerprint density at radius 2 is 1.96 bits per heavy atom. The van der Waals surface area contributed by atoms with Gasteiger partial charge in [0.2, 0.25) is 11.8 Å². The number of piperidine rings is 1. The number of hydrogen-bond acceptors (Lipinski definition) is 5. The van der Waals surface area contributed by atoms with Gasteiger partial charge in [0.15, 0.2) is 0 Å². The number of carbonyl (C=O) groups excluding carboxylic acids is 2. The van der Waals surface area contributed by atoms with Crippen LogP contribution in [0.3, 0.4) is 0 Å². The summed E-state index contributed by atoms with van der Waals surface area (Å²) in [6.45, 7) is 4.65. The van der Waals surface area contributed by atoms with E-state index < -0.39 is 17.4 Å². The van der Waals surface area contributed by atoms with Gasteiger partial charge < -0.3 is 19.4 Å². The van der Waals surface area contributed by atoms with Crippen molar-refractivity contribution in [3.05, 3.63) is 17.0 Å². The number of aromatic nitrogens is 1. The van der Waals surface area contributed by atoms with Crippen LogP contribution in [0.4, 0.5) is 0 Å². The smallest absolute Gasteiger partial charge is 0.309 e. The number of nitrogens with zero attached hydrogens (tertiary/aromatic N) is 3. The van der Waals surface area contributed by atoms with Crippen molar-refractivity contribution in [2.24, 2.45) is 5.92 Å². The molecule has 1 N–H and O–H groups in total. The molecule has 8 heteroatoms. The van der Waals surface area contributed by atoms with Crippen molar-refractivity contribution in [3.63, 3.8) is 0 Å². The number of carboxylic acid groups (broad SMARTS) is 1. The first-order valence-electron chi connectivity index (χ1n) is 8.95. The first-order valence-corrected chi connectivity index (χ1v) is 8.95. The third-order valence-electron chi connectivity index (χ3n) is 6.12. The zero-order chi connectivity index (χ0) is 19.1. The molecule has 2 amide bonds. The summed E-state index contributed by atoms with van der Waals surface area (Å²) in [6.07, 6.45) is 2.00. The van der Waals surface area contributed by atoms with Crippen LogP contribution in [0.1, 0.15) is 42.7 Å². The van der Waals surface area contributed by atoms with Gasteiger partial charge in [-0.2, -0.15) is 0 Å². The van der Waals surface area contributed by atoms with Gasteiger partial charge in [0.05, 0.1) is 17.2 Å². The van der Waals surface area contributed by atoms with Crippen LogP contribution in [-0.2, 0) is 20.8 Å². The molecule has 0 saturated carbocycles. The van der Waals surface area contributed by atoms with Crippen LogP contribution in [0.2, 0.25) is 0 Å². The topological polar surface area (TPSA) is 104 Å². The van der Waals surface area contributed by atoms with E-state index in [1.807, 2.05) is 13.8 Å². The molecule has 0 aromatic carbocycles. The predicted octanol–water partition coefficient (Wildman–Crippen LogP) is 1.15. The minimum Gasteiger partial charge on any atom is -0.481 e. The van der Waals surface area contributed by atoms with E-state index in [2.05, 4.69) is 5.16 Å². The van der Waals surface area contributed by atoms with Crippen molar-refractivity contribution in [2.75, 3.05) is 20.1 Å². The second-order valence-corrected chi connectivity index (χ2v) is 7.33. The maximum Gasteiger partial charge on any atom is 0.309 e. The third kappa shape index (κ3) is 2.97. The van der Waals surface area contributed by atoms with Crippen molar-refractivity contribution in [1.82, 2.24) is 15.0 Å². The van der Waals surface area contributed by atoms with Crippen LogP contribution in [0.25, 0.3) is 0 Å². The number of aliphatic carboxylic acids is 1. The molecule has 1 aromatic heterocycles. The molecule has 2 aliphatic rings. The summed E-state index contributed by atoms with van der Waals surface area (Å²) < 4.78 is 5.12. The summed E-state index contributed by atoms with van der Waals surface area (Å²) in [7, 11) is 1.68. The Morgan fingerprint density at radius 1 is 1.31 bits per heavy atom. The minimum absolute atomic E-state index is 0.0405. The van der Waals surface area contributed by atoms with Crippen molar-refractivity contribution < 1.29 is 24.0 Å². The minimum atomic E-state index is -0.930. The lowest BCUT2D eigenvalue weighted by Gasteiger charge is -2.45. The molecular formula is C18H25N3O5. The molecule has 1 spiro atoms. The summed E-state index contributed by atoms with van der Waals surface area (Å²) in [6, 6.07) is 0. The molecule has 8 nitrogen and oxygen atoms in total. The lowest BCUT2D eigenvalue weighted by molar-refractivity contribution is -0.147. The maximum absolute atomic E-state index is 12.6. The molecule has 0 unspecified atom stereocenters. The van der Waals surface area contributed by atoms with Gasteiger partial charge in [-0.05, 0) is 33.1 Å². The number of carbonyl (C=O) groups is 3. The Bertz CT molecular complexity index is 714. The van der Waals surface area contributed by atoms with E-state index in [0.29, 0.717) is 38.8 Å². The van der Waals surface area contributed by atoms with E-state index in [0.717, 1.165) is 17.0 Å². The molecule has 0 aliphatic carbocycles. The molecule has 142 valence electrons. The molecule has 0 bridgehead atoms. The average molecular weight is 363 g/mol. The van der Waals surface area contributed by atoms with Gasteiger partial charge in [-0.1, -0.05) is 5.16 Å². The van der Waals surface area contributed by atoms with Gasteiger partial charge in [0.1, 0.15) is 5.76 Å². The number of likely N-dealkylation sites (tertiary alicyclic amines) is 2. The Hall–Kier alpha value is -2.38. The normalized spacial score (nSPS) is 22.3. The van der Waals surface area contributed by atoms with E-state index in [9.17, 15) is 19.5 Å². The zero-order valence-corrected chi connectivity index (χ0v) is 15.4. The fraction of sp³-hybridized carbons (Fsp3) is 0.667. The van der Waals surface area contributed by atoms with Crippen LogP contribution in [0.5, 0.6) is 0 Å². The van der Waals surface area contributed by atoms with Crippen molar-refractivity contribution in [3.8, 4) is 0 Å². The van der Waals surface area contributed by atoms with E-state index in [-0.39, 0.29) is 18.2 Å². The molecule has 1 atom stereocenters. The van der Waals surface area contributed by atoms with Crippen LogP contribution < -0.4 is 0 Å². The van der Waals surface area contributed by atoms with Crippen LogP contribution in [0, 0.1) is 19.8 Å². The van der Waals surface area contributed by atoms with E-state index in [1.54, 1.807) is 16.8 Å². The molecule has 3 heterocycles. The monoisotopic (exact) mass is 363 g/mol. The summed E-state index contributed by atoms with van der Waals surface area (Å²) in [5, 5.41) is 13.4. The number of hydrogen-bond donors (Lipinski definition) is 1. The molecule has 1 aromatic rings. The van der Waals surface area contributed by atoms with Crippen molar-refractivity contribution in [2.45, 2.75) is 51.5 Å². The van der Waals surface area contributed by atoms with Crippen molar-refractivity contribution >= 4 is 17.8 Å². The molecule has 2 fully saturated rings. The summed E-state index contributed by atoms with van der Waals surface area (Å²) >= 11 is 0. The average Bonchev–Trinajstić information content (AvgIpc) is 3.05. The van der Waals surface area contributed by atoms with Crippen LogP contribution in [-0.4, -0.2) is 63.5 Å². The van der Waals surface area contributed by atoms with Gasteiger partial charge in [0.25, 0.3) is 0 Å². The van der Waals surface area contributed by atoms with Gasteiger partial charge in [-0.15, -0.1) is 0 Å². The Balaban J connectivity index is 1.62. The Kier molecular flexibility index (Phi) is 4.77. The Labute approximate surface area is 152 Å². The fourth-order valence-electron chi connectivity index (χ4n) is 4.38. The number of aryl methyl sites for hydroxylation is 2.